The number of ether oxygens (including phenoxy) is 2. The van der Waals surface area contributed by atoms with E-state index < -0.39 is 0 Å². The molecule has 0 saturated carbocycles. The SMILES string of the molecule is COC1=CC=CC(C)C1c1c(C)cccc1OC. The molecule has 0 spiro atoms. The highest BCUT2D eigenvalue weighted by atomic mass is 16.5. The Hall–Kier alpha value is -1.70. The molecule has 18 heavy (non-hydrogen) atoms. The van der Waals surface area contributed by atoms with Gasteiger partial charge in [-0.1, -0.05) is 31.2 Å². The van der Waals surface area contributed by atoms with Crippen LogP contribution >= 0.6 is 0 Å². The van der Waals surface area contributed by atoms with E-state index >= 15 is 0 Å². The quantitative estimate of drug-likeness (QED) is 0.804. The summed E-state index contributed by atoms with van der Waals surface area (Å²) in [6.07, 6.45) is 6.31. The largest absolute Gasteiger partial charge is 0.500 e. The minimum atomic E-state index is 0.233. The van der Waals surface area contributed by atoms with Crippen LogP contribution in [0.25, 0.3) is 0 Å². The molecular weight excluding hydrogens is 224 g/mol. The maximum atomic E-state index is 5.54. The summed E-state index contributed by atoms with van der Waals surface area (Å²) >= 11 is 0. The Bertz CT molecular complexity index is 486. The second-order valence-electron chi connectivity index (χ2n) is 4.69. The molecule has 0 aliphatic heterocycles. The number of aryl methyl sites for hydroxylation is 1. The highest BCUT2D eigenvalue weighted by molar-refractivity contribution is 5.47. The molecule has 0 bridgehead atoms. The molecule has 96 valence electrons. The number of hydrogen-bond acceptors (Lipinski definition) is 2. The average molecular weight is 244 g/mol. The van der Waals surface area contributed by atoms with E-state index in [2.05, 4.69) is 32.1 Å². The average Bonchev–Trinajstić information content (AvgIpc) is 2.38. The lowest BCUT2D eigenvalue weighted by Crippen LogP contribution is -2.16. The van der Waals surface area contributed by atoms with E-state index in [1.807, 2.05) is 18.2 Å². The van der Waals surface area contributed by atoms with Crippen LogP contribution in [-0.2, 0) is 4.74 Å². The van der Waals surface area contributed by atoms with E-state index in [-0.39, 0.29) is 5.92 Å². The van der Waals surface area contributed by atoms with Crippen molar-refractivity contribution in [1.29, 1.82) is 0 Å². The second-order valence-corrected chi connectivity index (χ2v) is 4.69. The van der Waals surface area contributed by atoms with E-state index in [1.54, 1.807) is 14.2 Å². The van der Waals surface area contributed by atoms with E-state index in [0.29, 0.717) is 5.92 Å². The lowest BCUT2D eigenvalue weighted by molar-refractivity contribution is 0.247. The van der Waals surface area contributed by atoms with Gasteiger partial charge in [-0.15, -0.1) is 0 Å². The molecule has 2 heteroatoms. The Balaban J connectivity index is 2.53. The van der Waals surface area contributed by atoms with Gasteiger partial charge in [-0.25, -0.2) is 0 Å². The zero-order valence-electron chi connectivity index (χ0n) is 11.4. The fourth-order valence-corrected chi connectivity index (χ4v) is 2.63. The van der Waals surface area contributed by atoms with Crippen LogP contribution in [0.1, 0.15) is 24.0 Å². The third-order valence-electron chi connectivity index (χ3n) is 3.56. The predicted molar refractivity (Wildman–Crippen MR) is 73.9 cm³/mol. The maximum Gasteiger partial charge on any atom is 0.123 e. The highest BCUT2D eigenvalue weighted by Gasteiger charge is 2.28. The van der Waals surface area contributed by atoms with Crippen molar-refractivity contribution in [2.45, 2.75) is 19.8 Å². The van der Waals surface area contributed by atoms with Gasteiger partial charge in [0.2, 0.25) is 0 Å². The van der Waals surface area contributed by atoms with Crippen LogP contribution in [0.3, 0.4) is 0 Å². The zero-order valence-corrected chi connectivity index (χ0v) is 11.4. The molecule has 2 unspecified atom stereocenters. The number of hydrogen-bond donors (Lipinski definition) is 0. The van der Waals surface area contributed by atoms with Crippen molar-refractivity contribution in [3.63, 3.8) is 0 Å². The number of allylic oxidation sites excluding steroid dienone is 4. The van der Waals surface area contributed by atoms with Gasteiger partial charge in [0.1, 0.15) is 11.5 Å². The van der Waals surface area contributed by atoms with Crippen molar-refractivity contribution in [2.24, 2.45) is 5.92 Å². The molecule has 0 fully saturated rings. The minimum absolute atomic E-state index is 0.233. The monoisotopic (exact) mass is 244 g/mol. The number of rotatable bonds is 3. The third-order valence-corrected chi connectivity index (χ3v) is 3.56. The normalized spacial score (nSPS) is 22.6. The first kappa shape index (κ1) is 12.7. The van der Waals surface area contributed by atoms with Crippen LogP contribution in [0.2, 0.25) is 0 Å². The van der Waals surface area contributed by atoms with Gasteiger partial charge in [0, 0.05) is 5.56 Å². The minimum Gasteiger partial charge on any atom is -0.500 e. The van der Waals surface area contributed by atoms with Gasteiger partial charge in [-0.2, -0.15) is 0 Å². The molecule has 1 aromatic rings. The van der Waals surface area contributed by atoms with Crippen molar-refractivity contribution in [1.82, 2.24) is 0 Å². The summed E-state index contributed by atoms with van der Waals surface area (Å²) in [6.45, 7) is 4.33. The summed E-state index contributed by atoms with van der Waals surface area (Å²) < 4.78 is 11.1. The van der Waals surface area contributed by atoms with E-state index in [1.165, 1.54) is 11.1 Å². The first-order valence-corrected chi connectivity index (χ1v) is 6.25. The van der Waals surface area contributed by atoms with Gasteiger partial charge >= 0.3 is 0 Å². The van der Waals surface area contributed by atoms with Gasteiger partial charge in [0.25, 0.3) is 0 Å². The molecule has 0 aromatic heterocycles. The van der Waals surface area contributed by atoms with Crippen LogP contribution in [0.5, 0.6) is 5.75 Å². The summed E-state index contributed by atoms with van der Waals surface area (Å²) in [6, 6.07) is 6.16. The molecule has 1 aliphatic rings. The van der Waals surface area contributed by atoms with Crippen LogP contribution in [0.15, 0.2) is 42.2 Å². The van der Waals surface area contributed by atoms with Crippen LogP contribution < -0.4 is 4.74 Å². The van der Waals surface area contributed by atoms with E-state index in [4.69, 9.17) is 9.47 Å². The number of benzene rings is 1. The fourth-order valence-electron chi connectivity index (χ4n) is 2.63. The van der Waals surface area contributed by atoms with Gasteiger partial charge in [-0.05, 0) is 30.5 Å². The standard InChI is InChI=1S/C16H20O2/c1-11-7-5-9-13(17-3)15(11)16-12(2)8-6-10-14(16)18-4/h5-11,15H,1-4H3. The van der Waals surface area contributed by atoms with Crippen molar-refractivity contribution in [3.05, 3.63) is 53.3 Å². The Morgan fingerprint density at radius 1 is 1.11 bits per heavy atom. The van der Waals surface area contributed by atoms with Crippen LogP contribution in [0, 0.1) is 12.8 Å². The smallest absolute Gasteiger partial charge is 0.123 e. The predicted octanol–water partition coefficient (Wildman–Crippen LogP) is 3.82. The third kappa shape index (κ3) is 2.15. The zero-order chi connectivity index (χ0) is 13.1. The van der Waals surface area contributed by atoms with Crippen LogP contribution in [-0.4, -0.2) is 14.2 Å². The van der Waals surface area contributed by atoms with Crippen molar-refractivity contribution < 1.29 is 9.47 Å². The van der Waals surface area contributed by atoms with Crippen molar-refractivity contribution >= 4 is 0 Å². The molecule has 1 aliphatic carbocycles. The first-order chi connectivity index (χ1) is 8.69. The summed E-state index contributed by atoms with van der Waals surface area (Å²) in [5.41, 5.74) is 2.47. The molecular formula is C16H20O2. The van der Waals surface area contributed by atoms with Gasteiger partial charge in [0.05, 0.1) is 20.1 Å². The van der Waals surface area contributed by atoms with Gasteiger partial charge in [0.15, 0.2) is 0 Å². The van der Waals surface area contributed by atoms with E-state index in [9.17, 15) is 0 Å². The van der Waals surface area contributed by atoms with E-state index in [0.717, 1.165) is 11.5 Å². The maximum absolute atomic E-state index is 5.54. The molecule has 2 atom stereocenters. The number of methoxy groups -OCH3 is 2. The molecule has 0 saturated heterocycles. The lowest BCUT2D eigenvalue weighted by atomic mass is 9.80. The summed E-state index contributed by atoms with van der Waals surface area (Å²) in [5, 5.41) is 0. The lowest BCUT2D eigenvalue weighted by Gasteiger charge is -2.29. The van der Waals surface area contributed by atoms with Gasteiger partial charge < -0.3 is 9.47 Å². The van der Waals surface area contributed by atoms with Crippen molar-refractivity contribution in [2.75, 3.05) is 14.2 Å². The molecule has 0 N–H and O–H groups in total. The topological polar surface area (TPSA) is 18.5 Å². The molecule has 0 radical (unpaired) electrons. The summed E-state index contributed by atoms with van der Waals surface area (Å²) in [7, 11) is 3.45. The molecule has 0 amide bonds. The molecule has 2 nitrogen and oxygen atoms in total. The second kappa shape index (κ2) is 5.30. The molecule has 1 aromatic carbocycles. The Morgan fingerprint density at radius 3 is 2.56 bits per heavy atom. The van der Waals surface area contributed by atoms with Crippen LogP contribution in [0.4, 0.5) is 0 Å². The molecule has 2 rings (SSSR count). The first-order valence-electron chi connectivity index (χ1n) is 6.25. The molecule has 0 heterocycles. The Kier molecular flexibility index (Phi) is 3.75. The highest BCUT2D eigenvalue weighted by Crippen LogP contribution is 2.41. The van der Waals surface area contributed by atoms with Gasteiger partial charge in [-0.3, -0.25) is 0 Å². The summed E-state index contributed by atoms with van der Waals surface area (Å²) in [5.74, 6) is 2.57. The Morgan fingerprint density at radius 2 is 1.89 bits per heavy atom. The Labute approximate surface area is 109 Å². The van der Waals surface area contributed by atoms with Crippen molar-refractivity contribution in [3.8, 4) is 5.75 Å². The summed E-state index contributed by atoms with van der Waals surface area (Å²) in [4.78, 5) is 0. The fraction of sp³-hybridized carbons (Fsp3) is 0.375.